The monoisotopic (exact) mass is 235 g/mol. The predicted octanol–water partition coefficient (Wildman–Crippen LogP) is 2.53. The van der Waals surface area contributed by atoms with Crippen LogP contribution in [0.5, 0.6) is 11.5 Å². The maximum atomic E-state index is 10.1. The second-order valence-electron chi connectivity index (χ2n) is 4.85. The van der Waals surface area contributed by atoms with Crippen LogP contribution in [0.3, 0.4) is 0 Å². The molecular weight excluding hydrogens is 218 g/mol. The molecule has 1 rings (SSSR count). The number of phenols is 1. The van der Waals surface area contributed by atoms with Crippen LogP contribution < -0.4 is 4.74 Å². The number of isocyanates is 1. The van der Waals surface area contributed by atoms with Gasteiger partial charge in [0.15, 0.2) is 11.5 Å². The van der Waals surface area contributed by atoms with Crippen LogP contribution in [-0.4, -0.2) is 18.3 Å². The highest BCUT2D eigenvalue weighted by Gasteiger charge is 2.18. The highest BCUT2D eigenvalue weighted by Crippen LogP contribution is 2.36. The van der Waals surface area contributed by atoms with E-state index in [0.717, 1.165) is 5.56 Å². The minimum absolute atomic E-state index is 0.0658. The van der Waals surface area contributed by atoms with E-state index in [1.165, 1.54) is 13.2 Å². The van der Waals surface area contributed by atoms with Gasteiger partial charge in [0.25, 0.3) is 0 Å². The van der Waals surface area contributed by atoms with Crippen LogP contribution in [0, 0.1) is 0 Å². The molecule has 92 valence electrons. The van der Waals surface area contributed by atoms with E-state index in [4.69, 9.17) is 4.74 Å². The van der Waals surface area contributed by atoms with Crippen molar-refractivity contribution < 1.29 is 14.6 Å². The minimum Gasteiger partial charge on any atom is -0.504 e. The van der Waals surface area contributed by atoms with Gasteiger partial charge >= 0.3 is 0 Å². The molecule has 0 atom stereocenters. The molecule has 0 unspecified atom stereocenters. The molecule has 0 heterocycles. The third-order valence-electron chi connectivity index (χ3n) is 2.53. The molecule has 1 aromatic carbocycles. The number of ether oxygens (including phenoxy) is 1. The summed E-state index contributed by atoms with van der Waals surface area (Å²) in [6, 6.07) is 3.56. The summed E-state index contributed by atoms with van der Waals surface area (Å²) in [6.07, 6.45) is 1.48. The van der Waals surface area contributed by atoms with Crippen molar-refractivity contribution in [2.75, 3.05) is 7.11 Å². The molecule has 0 aromatic heterocycles. The molecule has 0 radical (unpaired) electrons. The van der Waals surface area contributed by atoms with E-state index in [-0.39, 0.29) is 17.7 Å². The summed E-state index contributed by atoms with van der Waals surface area (Å²) < 4.78 is 5.10. The minimum atomic E-state index is -0.0939. The lowest BCUT2D eigenvalue weighted by molar-refractivity contribution is 0.368. The Morgan fingerprint density at radius 3 is 2.53 bits per heavy atom. The fraction of sp³-hybridized carbons (Fsp3) is 0.462. The summed E-state index contributed by atoms with van der Waals surface area (Å²) in [7, 11) is 1.47. The summed E-state index contributed by atoms with van der Waals surface area (Å²) in [4.78, 5) is 13.7. The molecule has 0 aliphatic heterocycles. The molecule has 1 N–H and O–H groups in total. The van der Waals surface area contributed by atoms with Crippen LogP contribution in [0.25, 0.3) is 0 Å². The Kier molecular flexibility index (Phi) is 3.92. The summed E-state index contributed by atoms with van der Waals surface area (Å²) in [5.41, 5.74) is 1.55. The second-order valence-corrected chi connectivity index (χ2v) is 4.85. The normalized spacial score (nSPS) is 10.8. The maximum Gasteiger partial charge on any atom is 0.235 e. The lowest BCUT2D eigenvalue weighted by Crippen LogP contribution is -2.11. The highest BCUT2D eigenvalue weighted by atomic mass is 16.5. The van der Waals surface area contributed by atoms with E-state index >= 15 is 0 Å². The number of carbonyl (C=O) groups excluding carboxylic acids is 1. The van der Waals surface area contributed by atoms with Crippen molar-refractivity contribution in [1.82, 2.24) is 0 Å². The lowest BCUT2D eigenvalue weighted by Gasteiger charge is -2.21. The fourth-order valence-corrected chi connectivity index (χ4v) is 1.58. The van der Waals surface area contributed by atoms with Crippen molar-refractivity contribution in [1.29, 1.82) is 0 Å². The lowest BCUT2D eigenvalue weighted by atomic mass is 9.85. The van der Waals surface area contributed by atoms with Gasteiger partial charge in [0.05, 0.1) is 13.7 Å². The van der Waals surface area contributed by atoms with Gasteiger partial charge in [-0.25, -0.2) is 9.79 Å². The highest BCUT2D eigenvalue weighted by molar-refractivity contribution is 5.50. The van der Waals surface area contributed by atoms with Gasteiger partial charge in [0, 0.05) is 5.56 Å². The zero-order valence-corrected chi connectivity index (χ0v) is 10.6. The van der Waals surface area contributed by atoms with E-state index in [1.54, 1.807) is 6.07 Å². The molecule has 0 amide bonds. The van der Waals surface area contributed by atoms with Crippen LogP contribution in [0.4, 0.5) is 0 Å². The van der Waals surface area contributed by atoms with Crippen molar-refractivity contribution in [2.24, 2.45) is 4.99 Å². The molecule has 17 heavy (non-hydrogen) atoms. The molecule has 4 nitrogen and oxygen atoms in total. The van der Waals surface area contributed by atoms with Crippen LogP contribution in [0.1, 0.15) is 31.9 Å². The van der Waals surface area contributed by atoms with Gasteiger partial charge < -0.3 is 9.84 Å². The Balaban J connectivity index is 3.33. The van der Waals surface area contributed by atoms with Crippen molar-refractivity contribution >= 4 is 6.08 Å². The molecular formula is C13H17NO3. The maximum absolute atomic E-state index is 10.1. The number of aromatic hydroxyl groups is 1. The number of hydrogen-bond acceptors (Lipinski definition) is 4. The summed E-state index contributed by atoms with van der Waals surface area (Å²) in [5, 5.41) is 9.87. The largest absolute Gasteiger partial charge is 0.504 e. The average Bonchev–Trinajstić information content (AvgIpc) is 2.24. The third kappa shape index (κ3) is 3.08. The van der Waals surface area contributed by atoms with Crippen LogP contribution in [0.15, 0.2) is 17.1 Å². The van der Waals surface area contributed by atoms with Crippen LogP contribution >= 0.6 is 0 Å². The molecule has 4 heteroatoms. The van der Waals surface area contributed by atoms with Crippen molar-refractivity contribution in [3.63, 3.8) is 0 Å². The zero-order chi connectivity index (χ0) is 13.1. The molecule has 0 aliphatic rings. The average molecular weight is 235 g/mol. The molecule has 0 bridgehead atoms. The molecule has 0 saturated heterocycles. The smallest absolute Gasteiger partial charge is 0.235 e. The number of benzene rings is 1. The number of aliphatic imine (C=N–C) groups is 1. The fourth-order valence-electron chi connectivity index (χ4n) is 1.58. The summed E-state index contributed by atoms with van der Waals surface area (Å²) >= 11 is 0. The standard InChI is InChI=1S/C13H17NO3/c1-13(2,3)10-5-9(7-14-8-15)12(17-4)11(16)6-10/h5-6,16H,7H2,1-4H3. The van der Waals surface area contributed by atoms with Gasteiger partial charge in [-0.05, 0) is 23.1 Å². The van der Waals surface area contributed by atoms with E-state index < -0.39 is 0 Å². The van der Waals surface area contributed by atoms with Gasteiger partial charge in [0.2, 0.25) is 6.08 Å². The van der Waals surface area contributed by atoms with E-state index in [0.29, 0.717) is 11.3 Å². The number of nitrogens with zero attached hydrogens (tertiary/aromatic N) is 1. The third-order valence-corrected chi connectivity index (χ3v) is 2.53. The van der Waals surface area contributed by atoms with Gasteiger partial charge in [-0.2, -0.15) is 0 Å². The van der Waals surface area contributed by atoms with E-state index in [1.807, 2.05) is 26.8 Å². The predicted molar refractivity (Wildman–Crippen MR) is 65.2 cm³/mol. The molecule has 0 saturated carbocycles. The molecule has 0 aliphatic carbocycles. The number of methoxy groups -OCH3 is 1. The Bertz CT molecular complexity index is 454. The van der Waals surface area contributed by atoms with Gasteiger partial charge in [-0.3, -0.25) is 0 Å². The van der Waals surface area contributed by atoms with Crippen molar-refractivity contribution in [2.45, 2.75) is 32.7 Å². The quantitative estimate of drug-likeness (QED) is 0.647. The first-order chi connectivity index (χ1) is 7.90. The Hall–Kier alpha value is -1.80. The first-order valence-electron chi connectivity index (χ1n) is 5.34. The van der Waals surface area contributed by atoms with Gasteiger partial charge in [-0.1, -0.05) is 20.8 Å². The summed E-state index contributed by atoms with van der Waals surface area (Å²) in [6.45, 7) is 6.28. The van der Waals surface area contributed by atoms with E-state index in [2.05, 4.69) is 4.99 Å². The molecule has 0 fully saturated rings. The zero-order valence-electron chi connectivity index (χ0n) is 10.6. The Labute approximate surface area is 101 Å². The SMILES string of the molecule is COc1c(O)cc(C(C)(C)C)cc1CN=C=O. The van der Waals surface area contributed by atoms with Crippen LogP contribution in [0.2, 0.25) is 0 Å². The topological polar surface area (TPSA) is 58.9 Å². The van der Waals surface area contributed by atoms with Crippen LogP contribution in [-0.2, 0) is 16.8 Å². The Morgan fingerprint density at radius 1 is 1.41 bits per heavy atom. The van der Waals surface area contributed by atoms with Gasteiger partial charge in [0.1, 0.15) is 0 Å². The van der Waals surface area contributed by atoms with Gasteiger partial charge in [-0.15, -0.1) is 0 Å². The Morgan fingerprint density at radius 2 is 2.06 bits per heavy atom. The molecule has 1 aromatic rings. The second kappa shape index (κ2) is 5.02. The first-order valence-corrected chi connectivity index (χ1v) is 5.34. The number of hydrogen-bond donors (Lipinski definition) is 1. The first kappa shape index (κ1) is 13.3. The summed E-state index contributed by atoms with van der Waals surface area (Å²) in [5.74, 6) is 0.424. The van der Waals surface area contributed by atoms with E-state index in [9.17, 15) is 9.90 Å². The van der Waals surface area contributed by atoms with Crippen molar-refractivity contribution in [3.8, 4) is 11.5 Å². The molecule has 0 spiro atoms. The van der Waals surface area contributed by atoms with Crippen molar-refractivity contribution in [3.05, 3.63) is 23.3 Å². The number of phenolic OH excluding ortho intramolecular Hbond substituents is 1. The number of rotatable bonds is 3.